The van der Waals surface area contributed by atoms with Crippen LogP contribution in [0.2, 0.25) is 0 Å². The summed E-state index contributed by atoms with van der Waals surface area (Å²) in [5.74, 6) is -3.46. The van der Waals surface area contributed by atoms with Crippen molar-refractivity contribution in [3.8, 4) is 0 Å². The lowest BCUT2D eigenvalue weighted by Crippen LogP contribution is -2.62. The van der Waals surface area contributed by atoms with Gasteiger partial charge in [0.25, 0.3) is 17.7 Å². The quantitative estimate of drug-likeness (QED) is 0.205. The molecule has 2 fully saturated rings. The van der Waals surface area contributed by atoms with E-state index < -0.39 is 76.3 Å². The molecule has 0 spiro atoms. The Kier molecular flexibility index (Phi) is 10.4. The molecule has 13 nitrogen and oxygen atoms in total. The standard InChI is InChI=1S/C36H52N6O7/c1-11-22(26(43)29(45)37-12-2)38-28(44)25-24-21(36(24,9)10)17-41(25)32(48)27(35(6,7)8)40-33(49)39-23(34(3,4)5)18-42-30(46)19-15-13-14-16-20(19)31(42)47/h13-16,21-25,27H,11-12,17-18H2,1-10H3,(H,37,45)(H,38,44)(H2,39,40,49)/t21-,22?,23+,24-,25-,27+/m0/s1. The van der Waals surface area contributed by atoms with Crippen molar-refractivity contribution in [2.45, 2.75) is 99.8 Å². The summed E-state index contributed by atoms with van der Waals surface area (Å²) in [6.45, 7) is 19.0. The maximum atomic E-state index is 14.4. The lowest BCUT2D eigenvalue weighted by Gasteiger charge is -2.39. The first-order valence-electron chi connectivity index (χ1n) is 17.1. The van der Waals surface area contributed by atoms with Crippen LogP contribution in [0.4, 0.5) is 4.79 Å². The third kappa shape index (κ3) is 7.35. The molecular formula is C36H52N6O7. The van der Waals surface area contributed by atoms with Gasteiger partial charge in [0.2, 0.25) is 17.6 Å². The van der Waals surface area contributed by atoms with Gasteiger partial charge in [0.05, 0.1) is 29.8 Å². The maximum absolute atomic E-state index is 14.4. The number of ketones is 1. The molecule has 268 valence electrons. The number of benzene rings is 1. The predicted molar refractivity (Wildman–Crippen MR) is 182 cm³/mol. The van der Waals surface area contributed by atoms with Crippen molar-refractivity contribution in [2.24, 2.45) is 28.1 Å². The molecule has 4 rings (SSSR count). The normalized spacial score (nSPS) is 22.8. The molecule has 49 heavy (non-hydrogen) atoms. The molecule has 1 aliphatic carbocycles. The molecule has 1 saturated heterocycles. The average Bonchev–Trinajstić information content (AvgIpc) is 3.28. The Morgan fingerprint density at radius 2 is 1.45 bits per heavy atom. The van der Waals surface area contributed by atoms with Crippen molar-refractivity contribution >= 4 is 41.4 Å². The van der Waals surface area contributed by atoms with Gasteiger partial charge in [0, 0.05) is 13.1 Å². The topological polar surface area (TPSA) is 174 Å². The lowest BCUT2D eigenvalue weighted by atomic mass is 9.85. The molecule has 1 unspecified atom stereocenters. The second-order valence-corrected chi connectivity index (χ2v) is 16.2. The van der Waals surface area contributed by atoms with Crippen LogP contribution in [0.1, 0.15) is 96.4 Å². The summed E-state index contributed by atoms with van der Waals surface area (Å²) < 4.78 is 0. The van der Waals surface area contributed by atoms with Gasteiger partial charge in [0.1, 0.15) is 12.1 Å². The summed E-state index contributed by atoms with van der Waals surface area (Å²) in [5, 5.41) is 11.0. The molecular weight excluding hydrogens is 628 g/mol. The fourth-order valence-electron chi connectivity index (χ4n) is 7.10. The average molecular weight is 681 g/mol. The summed E-state index contributed by atoms with van der Waals surface area (Å²) in [6, 6.07) is 2.26. The third-order valence-electron chi connectivity index (χ3n) is 10.3. The van der Waals surface area contributed by atoms with E-state index in [1.807, 2.05) is 55.4 Å². The molecule has 13 heteroatoms. The second kappa shape index (κ2) is 13.5. The van der Waals surface area contributed by atoms with Crippen LogP contribution in [0.3, 0.4) is 0 Å². The van der Waals surface area contributed by atoms with Gasteiger partial charge in [-0.1, -0.05) is 74.4 Å². The number of hydrogen-bond donors (Lipinski definition) is 4. The van der Waals surface area contributed by atoms with Crippen molar-refractivity contribution in [1.29, 1.82) is 0 Å². The second-order valence-electron chi connectivity index (χ2n) is 16.2. The highest BCUT2D eigenvalue weighted by Gasteiger charge is 2.70. The first kappa shape index (κ1) is 37.5. The minimum atomic E-state index is -1.05. The number of carbonyl (C=O) groups is 7. The monoisotopic (exact) mass is 680 g/mol. The number of likely N-dealkylation sites (tertiary alicyclic amines) is 1. The number of nitrogens with one attached hydrogen (secondary N) is 4. The SMILES string of the molecule is CCNC(=O)C(=O)C(CC)NC(=O)[C@@H]1[C@@H]2[C@H](CN1C(=O)[C@@H](NC(=O)N[C@H](CN1C(=O)c3ccccc3C1=O)C(C)(C)C)C(C)(C)C)C2(C)C. The fourth-order valence-corrected chi connectivity index (χ4v) is 7.10. The van der Waals surface area contributed by atoms with Crippen LogP contribution < -0.4 is 21.3 Å². The molecule has 7 amide bonds. The molecule has 2 aliphatic heterocycles. The summed E-state index contributed by atoms with van der Waals surface area (Å²) in [6.07, 6.45) is 0.196. The summed E-state index contributed by atoms with van der Waals surface area (Å²) in [7, 11) is 0. The van der Waals surface area contributed by atoms with Crippen molar-refractivity contribution in [2.75, 3.05) is 19.6 Å². The number of imide groups is 1. The lowest BCUT2D eigenvalue weighted by molar-refractivity contribution is -0.145. The van der Waals surface area contributed by atoms with E-state index in [9.17, 15) is 33.6 Å². The highest BCUT2D eigenvalue weighted by atomic mass is 16.2. The van der Waals surface area contributed by atoms with Gasteiger partial charge < -0.3 is 26.2 Å². The van der Waals surface area contributed by atoms with Crippen molar-refractivity contribution in [3.63, 3.8) is 0 Å². The molecule has 6 atom stereocenters. The van der Waals surface area contributed by atoms with E-state index in [2.05, 4.69) is 21.3 Å². The summed E-state index contributed by atoms with van der Waals surface area (Å²) in [4.78, 5) is 95.7. The molecule has 3 aliphatic rings. The third-order valence-corrected chi connectivity index (χ3v) is 10.3. The zero-order chi connectivity index (χ0) is 36.8. The van der Waals surface area contributed by atoms with Gasteiger partial charge in [-0.3, -0.25) is 33.7 Å². The highest BCUT2D eigenvalue weighted by molar-refractivity contribution is 6.38. The van der Waals surface area contributed by atoms with E-state index in [1.54, 1.807) is 38.1 Å². The van der Waals surface area contributed by atoms with E-state index in [0.717, 1.165) is 4.90 Å². The maximum Gasteiger partial charge on any atom is 0.315 e. The minimum absolute atomic E-state index is 0.0470. The van der Waals surface area contributed by atoms with Gasteiger partial charge in [0.15, 0.2) is 0 Å². The van der Waals surface area contributed by atoms with E-state index in [4.69, 9.17) is 0 Å². The van der Waals surface area contributed by atoms with Gasteiger partial charge in [-0.15, -0.1) is 0 Å². The Hall–Kier alpha value is -4.29. The number of hydrogen-bond acceptors (Lipinski definition) is 7. The van der Waals surface area contributed by atoms with E-state index >= 15 is 0 Å². The number of Topliss-reactive ketones (excluding diaryl/α,β-unsaturated/α-hetero) is 1. The number of piperidine rings is 1. The van der Waals surface area contributed by atoms with Crippen LogP contribution in [0, 0.1) is 28.1 Å². The first-order valence-corrected chi connectivity index (χ1v) is 17.1. The van der Waals surface area contributed by atoms with Gasteiger partial charge in [-0.2, -0.15) is 0 Å². The zero-order valence-electron chi connectivity index (χ0n) is 30.4. The number of likely N-dealkylation sites (N-methyl/N-ethyl adjacent to an activating group) is 1. The van der Waals surface area contributed by atoms with Crippen LogP contribution in [-0.4, -0.2) is 95.0 Å². The number of rotatable bonds is 11. The zero-order valence-corrected chi connectivity index (χ0v) is 30.4. The van der Waals surface area contributed by atoms with E-state index in [1.165, 1.54) is 4.90 Å². The Labute approximate surface area is 288 Å². The Balaban J connectivity index is 1.52. The Bertz CT molecular complexity index is 1510. The van der Waals surface area contributed by atoms with Gasteiger partial charge >= 0.3 is 6.03 Å². The van der Waals surface area contributed by atoms with Gasteiger partial charge in [-0.25, -0.2) is 4.79 Å². The molecule has 0 aromatic heterocycles. The molecule has 1 aromatic rings. The molecule has 4 N–H and O–H groups in total. The summed E-state index contributed by atoms with van der Waals surface area (Å²) >= 11 is 0. The molecule has 0 bridgehead atoms. The Morgan fingerprint density at radius 1 is 0.878 bits per heavy atom. The predicted octanol–water partition coefficient (Wildman–Crippen LogP) is 2.49. The van der Waals surface area contributed by atoms with Crippen molar-refractivity contribution < 1.29 is 33.6 Å². The van der Waals surface area contributed by atoms with Gasteiger partial charge in [-0.05, 0) is 53.6 Å². The number of fused-ring (bicyclic) bond motifs is 2. The molecule has 2 heterocycles. The van der Waals surface area contributed by atoms with Crippen LogP contribution in [0.5, 0.6) is 0 Å². The van der Waals surface area contributed by atoms with E-state index in [-0.39, 0.29) is 36.8 Å². The number of urea groups is 1. The van der Waals surface area contributed by atoms with Crippen LogP contribution in [0.25, 0.3) is 0 Å². The molecule has 1 aromatic carbocycles. The first-order chi connectivity index (χ1) is 22.7. The van der Waals surface area contributed by atoms with Crippen LogP contribution in [0.15, 0.2) is 24.3 Å². The number of amides is 7. The number of nitrogens with zero attached hydrogens (tertiary/aromatic N) is 2. The largest absolute Gasteiger partial charge is 0.350 e. The summed E-state index contributed by atoms with van der Waals surface area (Å²) in [5.41, 5.74) is -0.951. The number of carbonyl (C=O) groups excluding carboxylic acids is 7. The van der Waals surface area contributed by atoms with Crippen LogP contribution in [-0.2, 0) is 19.2 Å². The Morgan fingerprint density at radius 3 is 1.94 bits per heavy atom. The minimum Gasteiger partial charge on any atom is -0.350 e. The van der Waals surface area contributed by atoms with Crippen molar-refractivity contribution in [3.05, 3.63) is 35.4 Å². The van der Waals surface area contributed by atoms with Crippen LogP contribution >= 0.6 is 0 Å². The highest BCUT2D eigenvalue weighted by Crippen LogP contribution is 2.65. The fraction of sp³-hybridized carbons (Fsp3) is 0.639. The van der Waals surface area contributed by atoms with E-state index in [0.29, 0.717) is 17.7 Å². The van der Waals surface area contributed by atoms with Crippen molar-refractivity contribution in [1.82, 2.24) is 31.1 Å². The molecule has 1 saturated carbocycles. The smallest absolute Gasteiger partial charge is 0.315 e. The molecule has 0 radical (unpaired) electrons.